The van der Waals surface area contributed by atoms with Crippen molar-refractivity contribution in [1.29, 1.82) is 0 Å². The standard InChI is InChI=1S/C12H25N/c1-10(2)11(3)13-9-12(4)7-5-6-8-12/h10-11,13H,5-9H2,1-4H3. The fraction of sp³-hybridized carbons (Fsp3) is 1.00. The Balaban J connectivity index is 2.24. The zero-order valence-electron chi connectivity index (χ0n) is 9.69. The summed E-state index contributed by atoms with van der Waals surface area (Å²) in [5.41, 5.74) is 0.600. The van der Waals surface area contributed by atoms with E-state index in [1.807, 2.05) is 0 Å². The molecule has 0 radical (unpaired) electrons. The van der Waals surface area contributed by atoms with Gasteiger partial charge in [-0.15, -0.1) is 0 Å². The van der Waals surface area contributed by atoms with Crippen LogP contribution in [-0.4, -0.2) is 12.6 Å². The summed E-state index contributed by atoms with van der Waals surface area (Å²) < 4.78 is 0. The molecule has 1 nitrogen and oxygen atoms in total. The van der Waals surface area contributed by atoms with E-state index in [0.29, 0.717) is 11.5 Å². The van der Waals surface area contributed by atoms with Crippen LogP contribution in [0.15, 0.2) is 0 Å². The van der Waals surface area contributed by atoms with E-state index in [9.17, 15) is 0 Å². The minimum absolute atomic E-state index is 0.600. The molecule has 0 aromatic carbocycles. The van der Waals surface area contributed by atoms with Crippen LogP contribution in [-0.2, 0) is 0 Å². The van der Waals surface area contributed by atoms with Crippen molar-refractivity contribution in [3.05, 3.63) is 0 Å². The highest BCUT2D eigenvalue weighted by atomic mass is 14.9. The number of hydrogen-bond donors (Lipinski definition) is 1. The molecule has 1 saturated carbocycles. The lowest BCUT2D eigenvalue weighted by molar-refractivity contribution is 0.283. The van der Waals surface area contributed by atoms with Crippen molar-refractivity contribution in [3.63, 3.8) is 0 Å². The van der Waals surface area contributed by atoms with Gasteiger partial charge in [-0.25, -0.2) is 0 Å². The zero-order chi connectivity index (χ0) is 9.90. The van der Waals surface area contributed by atoms with Gasteiger partial charge in [0.2, 0.25) is 0 Å². The van der Waals surface area contributed by atoms with E-state index in [2.05, 4.69) is 33.0 Å². The van der Waals surface area contributed by atoms with Gasteiger partial charge in [0.1, 0.15) is 0 Å². The molecule has 1 heteroatoms. The predicted octanol–water partition coefficient (Wildman–Crippen LogP) is 3.20. The maximum Gasteiger partial charge on any atom is 0.00619 e. The molecule has 1 fully saturated rings. The highest BCUT2D eigenvalue weighted by Gasteiger charge is 2.28. The van der Waals surface area contributed by atoms with Crippen LogP contribution in [0.4, 0.5) is 0 Å². The van der Waals surface area contributed by atoms with Gasteiger partial charge in [-0.05, 0) is 31.1 Å². The molecule has 0 bridgehead atoms. The minimum atomic E-state index is 0.600. The lowest BCUT2D eigenvalue weighted by atomic mass is 9.88. The molecule has 1 aliphatic rings. The van der Waals surface area contributed by atoms with Gasteiger partial charge in [0.15, 0.2) is 0 Å². The van der Waals surface area contributed by atoms with Gasteiger partial charge < -0.3 is 5.32 Å². The summed E-state index contributed by atoms with van der Waals surface area (Å²) in [6, 6.07) is 0.664. The smallest absolute Gasteiger partial charge is 0.00619 e. The third-order valence-electron chi connectivity index (χ3n) is 3.66. The maximum absolute atomic E-state index is 3.66. The van der Waals surface area contributed by atoms with Crippen LogP contribution < -0.4 is 5.32 Å². The van der Waals surface area contributed by atoms with Crippen molar-refractivity contribution < 1.29 is 0 Å². The van der Waals surface area contributed by atoms with Crippen molar-refractivity contribution >= 4 is 0 Å². The summed E-state index contributed by atoms with van der Waals surface area (Å²) in [5, 5.41) is 3.66. The van der Waals surface area contributed by atoms with Gasteiger partial charge in [-0.3, -0.25) is 0 Å². The normalized spacial score (nSPS) is 23.8. The van der Waals surface area contributed by atoms with E-state index in [0.717, 1.165) is 5.92 Å². The summed E-state index contributed by atoms with van der Waals surface area (Å²) in [4.78, 5) is 0. The van der Waals surface area contributed by atoms with Crippen LogP contribution in [0.3, 0.4) is 0 Å². The first-order chi connectivity index (χ1) is 6.03. The van der Waals surface area contributed by atoms with Crippen molar-refractivity contribution in [3.8, 4) is 0 Å². The van der Waals surface area contributed by atoms with E-state index in [1.54, 1.807) is 0 Å². The molecule has 13 heavy (non-hydrogen) atoms. The topological polar surface area (TPSA) is 12.0 Å². The first-order valence-electron chi connectivity index (χ1n) is 5.77. The first-order valence-corrected chi connectivity index (χ1v) is 5.77. The Morgan fingerprint density at radius 2 is 1.69 bits per heavy atom. The molecule has 0 aromatic heterocycles. The molecule has 1 unspecified atom stereocenters. The summed E-state index contributed by atoms with van der Waals surface area (Å²) in [6.07, 6.45) is 5.72. The third-order valence-corrected chi connectivity index (χ3v) is 3.66. The van der Waals surface area contributed by atoms with Crippen LogP contribution in [0.25, 0.3) is 0 Å². The van der Waals surface area contributed by atoms with Gasteiger partial charge in [-0.1, -0.05) is 33.6 Å². The molecule has 0 spiro atoms. The molecule has 1 rings (SSSR count). The van der Waals surface area contributed by atoms with Crippen LogP contribution in [0.2, 0.25) is 0 Å². The summed E-state index contributed by atoms with van der Waals surface area (Å²) in [7, 11) is 0. The van der Waals surface area contributed by atoms with Crippen LogP contribution in [0.5, 0.6) is 0 Å². The van der Waals surface area contributed by atoms with E-state index >= 15 is 0 Å². The monoisotopic (exact) mass is 183 g/mol. The Bertz CT molecular complexity index is 145. The molecule has 0 aliphatic heterocycles. The summed E-state index contributed by atoms with van der Waals surface area (Å²) in [6.45, 7) is 10.5. The zero-order valence-corrected chi connectivity index (χ0v) is 9.69. The maximum atomic E-state index is 3.66. The Morgan fingerprint density at radius 1 is 1.15 bits per heavy atom. The lowest BCUT2D eigenvalue weighted by Crippen LogP contribution is -2.38. The second kappa shape index (κ2) is 4.45. The number of rotatable bonds is 4. The number of nitrogens with one attached hydrogen (secondary N) is 1. The quantitative estimate of drug-likeness (QED) is 0.706. The Hall–Kier alpha value is -0.0400. The highest BCUT2D eigenvalue weighted by Crippen LogP contribution is 2.36. The fourth-order valence-electron chi connectivity index (χ4n) is 2.05. The molecule has 0 saturated heterocycles. The van der Waals surface area contributed by atoms with Crippen molar-refractivity contribution in [2.75, 3.05) is 6.54 Å². The predicted molar refractivity (Wildman–Crippen MR) is 58.9 cm³/mol. The van der Waals surface area contributed by atoms with Gasteiger partial charge in [0.05, 0.1) is 0 Å². The minimum Gasteiger partial charge on any atom is -0.313 e. The fourth-order valence-corrected chi connectivity index (χ4v) is 2.05. The molecule has 1 N–H and O–H groups in total. The SMILES string of the molecule is CC(C)C(C)NCC1(C)CCCC1. The molecule has 0 amide bonds. The van der Waals surface area contributed by atoms with Crippen LogP contribution in [0.1, 0.15) is 53.4 Å². The van der Waals surface area contributed by atoms with Crippen molar-refractivity contribution in [2.24, 2.45) is 11.3 Å². The highest BCUT2D eigenvalue weighted by molar-refractivity contribution is 4.83. The Labute approximate surface area is 83.3 Å². The lowest BCUT2D eigenvalue weighted by Gasteiger charge is -2.27. The average Bonchev–Trinajstić information content (AvgIpc) is 2.48. The average molecular weight is 183 g/mol. The van der Waals surface area contributed by atoms with Crippen LogP contribution >= 0.6 is 0 Å². The largest absolute Gasteiger partial charge is 0.313 e. The third kappa shape index (κ3) is 3.30. The van der Waals surface area contributed by atoms with Crippen molar-refractivity contribution in [2.45, 2.75) is 59.4 Å². The van der Waals surface area contributed by atoms with Gasteiger partial charge >= 0.3 is 0 Å². The summed E-state index contributed by atoms with van der Waals surface area (Å²) in [5.74, 6) is 0.755. The Morgan fingerprint density at radius 3 is 2.15 bits per heavy atom. The molecule has 0 heterocycles. The van der Waals surface area contributed by atoms with E-state index in [4.69, 9.17) is 0 Å². The molecule has 0 aromatic rings. The van der Waals surface area contributed by atoms with E-state index in [-0.39, 0.29) is 0 Å². The van der Waals surface area contributed by atoms with E-state index < -0.39 is 0 Å². The molecular weight excluding hydrogens is 158 g/mol. The Kier molecular flexibility index (Phi) is 3.78. The van der Waals surface area contributed by atoms with Crippen LogP contribution in [0, 0.1) is 11.3 Å². The van der Waals surface area contributed by atoms with Gasteiger partial charge in [0, 0.05) is 12.6 Å². The second-order valence-corrected chi connectivity index (χ2v) is 5.43. The molecule has 78 valence electrons. The molecular formula is C12H25N. The molecule has 1 aliphatic carbocycles. The van der Waals surface area contributed by atoms with Crippen molar-refractivity contribution in [1.82, 2.24) is 5.32 Å². The second-order valence-electron chi connectivity index (χ2n) is 5.43. The van der Waals surface area contributed by atoms with Gasteiger partial charge in [0.25, 0.3) is 0 Å². The number of hydrogen-bond acceptors (Lipinski definition) is 1. The first kappa shape index (κ1) is 11.0. The summed E-state index contributed by atoms with van der Waals surface area (Å²) >= 11 is 0. The molecule has 1 atom stereocenters. The van der Waals surface area contributed by atoms with E-state index in [1.165, 1.54) is 32.2 Å². The van der Waals surface area contributed by atoms with Gasteiger partial charge in [-0.2, -0.15) is 0 Å².